The fraction of sp³-hybridized carbons (Fsp3) is 0.143. The van der Waals surface area contributed by atoms with Crippen molar-refractivity contribution in [3.63, 3.8) is 0 Å². The Hall–Kier alpha value is 0.520. The van der Waals surface area contributed by atoms with E-state index in [1.54, 1.807) is 7.11 Å². The van der Waals surface area contributed by atoms with Gasteiger partial charge in [0, 0.05) is 4.47 Å². The van der Waals surface area contributed by atoms with E-state index < -0.39 is 0 Å². The molecule has 4 heteroatoms. The molecule has 11 heavy (non-hydrogen) atoms. The molecule has 0 aliphatic carbocycles. The maximum absolute atomic E-state index is 5.88. The highest BCUT2D eigenvalue weighted by Crippen LogP contribution is 2.32. The summed E-state index contributed by atoms with van der Waals surface area (Å²) in [4.78, 5) is 0. The molecule has 0 aliphatic rings. The molecule has 0 bridgehead atoms. The standard InChI is InChI=1S/C7H5BrClIO/c1-11-7-5(9)2-4(8)3-6(7)10/h2-3H,1H3. The van der Waals surface area contributed by atoms with Crippen LogP contribution >= 0.6 is 50.1 Å². The van der Waals surface area contributed by atoms with E-state index in [9.17, 15) is 0 Å². The van der Waals surface area contributed by atoms with Gasteiger partial charge in [0.2, 0.25) is 0 Å². The van der Waals surface area contributed by atoms with Crippen LogP contribution in [0.15, 0.2) is 16.6 Å². The van der Waals surface area contributed by atoms with Gasteiger partial charge in [-0.05, 0) is 34.7 Å². The summed E-state index contributed by atoms with van der Waals surface area (Å²) in [6.45, 7) is 0. The highest BCUT2D eigenvalue weighted by Gasteiger charge is 2.05. The van der Waals surface area contributed by atoms with Crippen molar-refractivity contribution in [1.82, 2.24) is 0 Å². The van der Waals surface area contributed by atoms with Crippen LogP contribution in [-0.4, -0.2) is 7.11 Å². The average Bonchev–Trinajstić information content (AvgIpc) is 1.85. The molecule has 0 saturated heterocycles. The Morgan fingerprint density at radius 2 is 2.18 bits per heavy atom. The van der Waals surface area contributed by atoms with Crippen LogP contribution < -0.4 is 4.74 Å². The van der Waals surface area contributed by atoms with E-state index in [-0.39, 0.29) is 0 Å². The Labute approximate surface area is 92.3 Å². The zero-order chi connectivity index (χ0) is 8.43. The summed E-state index contributed by atoms with van der Waals surface area (Å²) < 4.78 is 7.04. The van der Waals surface area contributed by atoms with Gasteiger partial charge in [0.25, 0.3) is 0 Å². The van der Waals surface area contributed by atoms with Gasteiger partial charge in [-0.1, -0.05) is 27.5 Å². The molecular weight excluding hydrogens is 342 g/mol. The first kappa shape index (κ1) is 9.61. The molecule has 0 N–H and O–H groups in total. The van der Waals surface area contributed by atoms with Gasteiger partial charge in [0.15, 0.2) is 5.75 Å². The number of rotatable bonds is 1. The molecule has 0 amide bonds. The third-order valence-corrected chi connectivity index (χ3v) is 2.71. The summed E-state index contributed by atoms with van der Waals surface area (Å²) in [5, 5.41) is 0.631. The lowest BCUT2D eigenvalue weighted by Gasteiger charge is -2.05. The van der Waals surface area contributed by atoms with Gasteiger partial charge >= 0.3 is 0 Å². The smallest absolute Gasteiger partial charge is 0.150 e. The topological polar surface area (TPSA) is 9.23 Å². The zero-order valence-electron chi connectivity index (χ0n) is 5.70. The number of halogens is 3. The van der Waals surface area contributed by atoms with Crippen molar-refractivity contribution in [3.8, 4) is 5.75 Å². The van der Waals surface area contributed by atoms with Crippen LogP contribution in [0.2, 0.25) is 5.02 Å². The molecule has 0 unspecified atom stereocenters. The molecule has 0 aromatic heterocycles. The molecule has 0 saturated carbocycles. The summed E-state index contributed by atoms with van der Waals surface area (Å²) in [5.74, 6) is 0.732. The lowest BCUT2D eigenvalue weighted by molar-refractivity contribution is 0.412. The Kier molecular flexibility index (Phi) is 3.46. The van der Waals surface area contributed by atoms with Gasteiger partial charge < -0.3 is 4.74 Å². The normalized spacial score (nSPS) is 9.82. The van der Waals surface area contributed by atoms with Crippen LogP contribution in [0.4, 0.5) is 0 Å². The highest BCUT2D eigenvalue weighted by atomic mass is 127. The minimum Gasteiger partial charge on any atom is -0.494 e. The number of hydrogen-bond acceptors (Lipinski definition) is 1. The Bertz CT molecular complexity index is 254. The lowest BCUT2D eigenvalue weighted by Crippen LogP contribution is -1.87. The average molecular weight is 347 g/mol. The summed E-state index contributed by atoms with van der Waals surface area (Å²) in [6, 6.07) is 3.76. The SMILES string of the molecule is COc1c(Cl)cc(Br)cc1I. The van der Waals surface area contributed by atoms with Crippen LogP contribution in [0.1, 0.15) is 0 Å². The third-order valence-electron chi connectivity index (χ3n) is 1.17. The van der Waals surface area contributed by atoms with Crippen molar-refractivity contribution < 1.29 is 4.74 Å². The van der Waals surface area contributed by atoms with E-state index in [0.29, 0.717) is 5.02 Å². The van der Waals surface area contributed by atoms with Crippen molar-refractivity contribution >= 4 is 50.1 Å². The third kappa shape index (κ3) is 2.23. The van der Waals surface area contributed by atoms with Crippen molar-refractivity contribution in [2.24, 2.45) is 0 Å². The molecule has 0 aliphatic heterocycles. The number of hydrogen-bond donors (Lipinski definition) is 0. The van der Waals surface area contributed by atoms with Crippen molar-refractivity contribution in [2.75, 3.05) is 7.11 Å². The van der Waals surface area contributed by atoms with Crippen molar-refractivity contribution in [3.05, 3.63) is 25.2 Å². The largest absolute Gasteiger partial charge is 0.494 e. The van der Waals surface area contributed by atoms with E-state index in [4.69, 9.17) is 16.3 Å². The number of ether oxygens (including phenoxy) is 1. The van der Waals surface area contributed by atoms with Crippen LogP contribution in [0.3, 0.4) is 0 Å². The van der Waals surface area contributed by atoms with Gasteiger partial charge in [0.05, 0.1) is 15.7 Å². The fourth-order valence-electron chi connectivity index (χ4n) is 0.724. The summed E-state index contributed by atoms with van der Waals surface area (Å²) in [6.07, 6.45) is 0. The van der Waals surface area contributed by atoms with Gasteiger partial charge in [-0.25, -0.2) is 0 Å². The second kappa shape index (κ2) is 3.96. The van der Waals surface area contributed by atoms with E-state index in [1.807, 2.05) is 12.1 Å². The van der Waals surface area contributed by atoms with Crippen LogP contribution in [0.5, 0.6) is 5.75 Å². The zero-order valence-corrected chi connectivity index (χ0v) is 10.2. The first-order valence-corrected chi connectivity index (χ1v) is 5.08. The molecular formula is C7H5BrClIO. The number of methoxy groups -OCH3 is 1. The number of benzene rings is 1. The predicted octanol–water partition coefficient (Wildman–Crippen LogP) is 3.72. The van der Waals surface area contributed by atoms with Gasteiger partial charge in [-0.2, -0.15) is 0 Å². The molecule has 0 atom stereocenters. The Morgan fingerprint density at radius 3 is 2.64 bits per heavy atom. The van der Waals surface area contributed by atoms with Gasteiger partial charge in [-0.3, -0.25) is 0 Å². The van der Waals surface area contributed by atoms with Crippen LogP contribution in [0.25, 0.3) is 0 Å². The monoisotopic (exact) mass is 346 g/mol. The van der Waals surface area contributed by atoms with Gasteiger partial charge in [0.1, 0.15) is 0 Å². The van der Waals surface area contributed by atoms with Crippen LogP contribution in [-0.2, 0) is 0 Å². The first-order valence-electron chi connectivity index (χ1n) is 2.83. The fourth-order valence-corrected chi connectivity index (χ4v) is 3.04. The van der Waals surface area contributed by atoms with Gasteiger partial charge in [-0.15, -0.1) is 0 Å². The van der Waals surface area contributed by atoms with Crippen molar-refractivity contribution in [2.45, 2.75) is 0 Å². The molecule has 0 radical (unpaired) electrons. The second-order valence-corrected chi connectivity index (χ2v) is 4.39. The second-order valence-electron chi connectivity index (χ2n) is 1.90. The Balaban J connectivity index is 3.25. The summed E-state index contributed by atoms with van der Waals surface area (Å²) >= 11 is 11.4. The van der Waals surface area contributed by atoms with E-state index in [1.165, 1.54) is 0 Å². The van der Waals surface area contributed by atoms with Crippen molar-refractivity contribution in [1.29, 1.82) is 0 Å². The molecule has 1 aromatic carbocycles. The quantitative estimate of drug-likeness (QED) is 0.704. The minimum absolute atomic E-state index is 0.631. The molecule has 0 heterocycles. The molecule has 1 aromatic rings. The van der Waals surface area contributed by atoms with E-state index in [2.05, 4.69) is 38.5 Å². The summed E-state index contributed by atoms with van der Waals surface area (Å²) in [7, 11) is 1.61. The van der Waals surface area contributed by atoms with Crippen LogP contribution in [0, 0.1) is 3.57 Å². The molecule has 0 fully saturated rings. The maximum atomic E-state index is 5.88. The molecule has 0 spiro atoms. The molecule has 1 rings (SSSR count). The van der Waals surface area contributed by atoms with E-state index >= 15 is 0 Å². The first-order chi connectivity index (χ1) is 5.15. The minimum atomic E-state index is 0.631. The predicted molar refractivity (Wildman–Crippen MR) is 58.4 cm³/mol. The summed E-state index contributed by atoms with van der Waals surface area (Å²) in [5.41, 5.74) is 0. The molecule has 1 nitrogen and oxygen atoms in total. The Morgan fingerprint density at radius 1 is 1.55 bits per heavy atom. The highest BCUT2D eigenvalue weighted by molar-refractivity contribution is 14.1. The lowest BCUT2D eigenvalue weighted by atomic mass is 10.3. The molecule has 60 valence electrons. The maximum Gasteiger partial charge on any atom is 0.150 e. The van der Waals surface area contributed by atoms with E-state index in [0.717, 1.165) is 13.8 Å².